The van der Waals surface area contributed by atoms with E-state index in [1.165, 1.54) is 5.56 Å². The Labute approximate surface area is 171 Å². The van der Waals surface area contributed by atoms with E-state index in [2.05, 4.69) is 10.3 Å². The Hall–Kier alpha value is -3.54. The molecule has 0 radical (unpaired) electrons. The molecule has 0 aliphatic carbocycles. The minimum Gasteiger partial charge on any atom is -0.497 e. The maximum absolute atomic E-state index is 12.4. The van der Waals surface area contributed by atoms with E-state index in [0.717, 1.165) is 24.3 Å². The lowest BCUT2D eigenvalue weighted by Gasteiger charge is -2.18. The number of hydrogen-bond acceptors (Lipinski definition) is 4. The Balaban J connectivity index is 1.43. The highest BCUT2D eigenvalue weighted by Crippen LogP contribution is 2.22. The smallest absolute Gasteiger partial charge is 0.321 e. The van der Waals surface area contributed by atoms with Gasteiger partial charge in [-0.2, -0.15) is 0 Å². The second-order valence-corrected chi connectivity index (χ2v) is 6.62. The average Bonchev–Trinajstić information content (AvgIpc) is 2.76. The Bertz CT molecular complexity index is 897. The number of carbonyl (C=O) groups is 1. The summed E-state index contributed by atoms with van der Waals surface area (Å²) in [6, 6.07) is 18.8. The summed E-state index contributed by atoms with van der Waals surface area (Å²) in [7, 11) is 3.45. The summed E-state index contributed by atoms with van der Waals surface area (Å²) < 4.78 is 10.9. The Kier molecular flexibility index (Phi) is 7.05. The van der Waals surface area contributed by atoms with E-state index in [-0.39, 0.29) is 6.03 Å². The minimum absolute atomic E-state index is 0.138. The van der Waals surface area contributed by atoms with Gasteiger partial charge in [0, 0.05) is 25.5 Å². The molecular formula is C23H25N3O3. The van der Waals surface area contributed by atoms with Gasteiger partial charge in [-0.15, -0.1) is 0 Å². The zero-order chi connectivity index (χ0) is 20.5. The van der Waals surface area contributed by atoms with Crippen LogP contribution in [-0.2, 0) is 6.42 Å². The molecule has 0 aliphatic heterocycles. The summed E-state index contributed by atoms with van der Waals surface area (Å²) in [6.07, 6.45) is 5.13. The number of pyridine rings is 1. The number of nitrogens with one attached hydrogen (secondary N) is 1. The first-order chi connectivity index (χ1) is 14.1. The summed E-state index contributed by atoms with van der Waals surface area (Å²) >= 11 is 0. The molecule has 6 nitrogen and oxygen atoms in total. The fourth-order valence-electron chi connectivity index (χ4n) is 2.78. The quantitative estimate of drug-likeness (QED) is 0.588. The molecule has 2 aromatic carbocycles. The maximum atomic E-state index is 12.4. The van der Waals surface area contributed by atoms with Crippen LogP contribution in [0.25, 0.3) is 0 Å². The monoisotopic (exact) mass is 391 g/mol. The van der Waals surface area contributed by atoms with E-state index in [4.69, 9.17) is 9.47 Å². The van der Waals surface area contributed by atoms with Crippen molar-refractivity contribution in [3.63, 3.8) is 0 Å². The van der Waals surface area contributed by atoms with Crippen molar-refractivity contribution >= 4 is 11.7 Å². The van der Waals surface area contributed by atoms with Crippen LogP contribution in [0.15, 0.2) is 73.1 Å². The van der Waals surface area contributed by atoms with Crippen LogP contribution in [-0.4, -0.2) is 36.6 Å². The molecule has 6 heteroatoms. The number of amides is 2. The summed E-state index contributed by atoms with van der Waals surface area (Å²) in [4.78, 5) is 18.1. The molecule has 29 heavy (non-hydrogen) atoms. The van der Waals surface area contributed by atoms with E-state index in [1.54, 1.807) is 31.5 Å². The van der Waals surface area contributed by atoms with E-state index < -0.39 is 0 Å². The van der Waals surface area contributed by atoms with Gasteiger partial charge in [0.05, 0.1) is 13.3 Å². The first-order valence-corrected chi connectivity index (χ1v) is 9.47. The van der Waals surface area contributed by atoms with Crippen molar-refractivity contribution < 1.29 is 14.3 Å². The summed E-state index contributed by atoms with van der Waals surface area (Å²) in [5, 5.41) is 2.90. The van der Waals surface area contributed by atoms with Gasteiger partial charge >= 0.3 is 6.03 Å². The number of aromatic nitrogens is 1. The number of rotatable bonds is 8. The molecule has 0 spiro atoms. The first kappa shape index (κ1) is 20.2. The maximum Gasteiger partial charge on any atom is 0.321 e. The molecule has 0 unspecified atom stereocenters. The van der Waals surface area contributed by atoms with Crippen molar-refractivity contribution in [2.75, 3.05) is 26.0 Å². The number of benzene rings is 2. The van der Waals surface area contributed by atoms with Gasteiger partial charge in [-0.3, -0.25) is 4.98 Å². The van der Waals surface area contributed by atoms with Crippen molar-refractivity contribution in [1.29, 1.82) is 0 Å². The molecule has 0 saturated carbocycles. The average molecular weight is 391 g/mol. The molecule has 0 saturated heterocycles. The number of aryl methyl sites for hydroxylation is 1. The molecule has 0 aliphatic rings. The van der Waals surface area contributed by atoms with Crippen LogP contribution in [0.4, 0.5) is 10.5 Å². The molecule has 3 rings (SSSR count). The van der Waals surface area contributed by atoms with Crippen LogP contribution in [0, 0.1) is 0 Å². The number of nitrogens with zero attached hydrogens (tertiary/aromatic N) is 2. The molecule has 2 amide bonds. The fraction of sp³-hybridized carbons (Fsp3) is 0.217. The third-order valence-corrected chi connectivity index (χ3v) is 4.44. The van der Waals surface area contributed by atoms with Gasteiger partial charge in [0.15, 0.2) is 0 Å². The van der Waals surface area contributed by atoms with Crippen LogP contribution in [0.3, 0.4) is 0 Å². The minimum atomic E-state index is -0.138. The highest BCUT2D eigenvalue weighted by Gasteiger charge is 2.09. The van der Waals surface area contributed by atoms with E-state index >= 15 is 0 Å². The number of urea groups is 1. The number of hydrogen-bond donors (Lipinski definition) is 1. The standard InChI is InChI=1S/C23H25N3O3/c1-26(16-4-5-18-7-11-20(28-2)12-8-18)23(27)25-19-9-13-21(14-10-19)29-22-6-3-15-24-17-22/h3,6-15,17H,4-5,16H2,1-2H3,(H,25,27). The summed E-state index contributed by atoms with van der Waals surface area (Å²) in [5.41, 5.74) is 1.94. The molecule has 150 valence electrons. The molecule has 0 fully saturated rings. The zero-order valence-electron chi connectivity index (χ0n) is 16.7. The summed E-state index contributed by atoms with van der Waals surface area (Å²) in [6.45, 7) is 0.667. The van der Waals surface area contributed by atoms with Crippen molar-refractivity contribution in [2.24, 2.45) is 0 Å². The predicted octanol–water partition coefficient (Wildman–Crippen LogP) is 4.98. The normalized spacial score (nSPS) is 10.3. The fourth-order valence-corrected chi connectivity index (χ4v) is 2.78. The van der Waals surface area contributed by atoms with Gasteiger partial charge in [-0.1, -0.05) is 12.1 Å². The van der Waals surface area contributed by atoms with Gasteiger partial charge in [0.2, 0.25) is 0 Å². The lowest BCUT2D eigenvalue weighted by molar-refractivity contribution is 0.222. The third kappa shape index (κ3) is 6.24. The van der Waals surface area contributed by atoms with E-state index in [0.29, 0.717) is 18.0 Å². The van der Waals surface area contributed by atoms with Crippen molar-refractivity contribution in [1.82, 2.24) is 9.88 Å². The zero-order valence-corrected chi connectivity index (χ0v) is 16.7. The molecule has 1 heterocycles. The Morgan fingerprint density at radius 1 is 1.00 bits per heavy atom. The highest BCUT2D eigenvalue weighted by atomic mass is 16.5. The Morgan fingerprint density at radius 2 is 1.72 bits per heavy atom. The van der Waals surface area contributed by atoms with E-state index in [9.17, 15) is 4.79 Å². The van der Waals surface area contributed by atoms with Gasteiger partial charge in [-0.25, -0.2) is 4.79 Å². The third-order valence-electron chi connectivity index (χ3n) is 4.44. The summed E-state index contributed by atoms with van der Waals surface area (Å²) in [5.74, 6) is 2.20. The molecule has 1 N–H and O–H groups in total. The first-order valence-electron chi connectivity index (χ1n) is 9.47. The second kappa shape index (κ2) is 10.1. The topological polar surface area (TPSA) is 63.7 Å². The van der Waals surface area contributed by atoms with E-state index in [1.807, 2.05) is 60.7 Å². The van der Waals surface area contributed by atoms with Gasteiger partial charge < -0.3 is 19.7 Å². The van der Waals surface area contributed by atoms with Crippen molar-refractivity contribution in [2.45, 2.75) is 12.8 Å². The van der Waals surface area contributed by atoms with Gasteiger partial charge in [-0.05, 0) is 66.9 Å². The number of anilines is 1. The number of carbonyl (C=O) groups excluding carboxylic acids is 1. The largest absolute Gasteiger partial charge is 0.497 e. The van der Waals surface area contributed by atoms with Crippen molar-refractivity contribution in [3.8, 4) is 17.2 Å². The van der Waals surface area contributed by atoms with Crippen LogP contribution in [0.5, 0.6) is 17.2 Å². The predicted molar refractivity (Wildman–Crippen MR) is 114 cm³/mol. The highest BCUT2D eigenvalue weighted by molar-refractivity contribution is 5.89. The van der Waals surface area contributed by atoms with Crippen LogP contribution in [0.1, 0.15) is 12.0 Å². The van der Waals surface area contributed by atoms with Gasteiger partial charge in [0.1, 0.15) is 17.2 Å². The van der Waals surface area contributed by atoms with Crippen LogP contribution < -0.4 is 14.8 Å². The van der Waals surface area contributed by atoms with Crippen LogP contribution in [0.2, 0.25) is 0 Å². The SMILES string of the molecule is COc1ccc(CCCN(C)C(=O)Nc2ccc(Oc3cccnc3)cc2)cc1. The molecular weight excluding hydrogens is 366 g/mol. The lowest BCUT2D eigenvalue weighted by Crippen LogP contribution is -2.32. The van der Waals surface area contributed by atoms with Crippen molar-refractivity contribution in [3.05, 3.63) is 78.6 Å². The lowest BCUT2D eigenvalue weighted by atomic mass is 10.1. The molecule has 0 bridgehead atoms. The number of ether oxygens (including phenoxy) is 2. The Morgan fingerprint density at radius 3 is 2.38 bits per heavy atom. The molecule has 1 aromatic heterocycles. The number of methoxy groups -OCH3 is 1. The second-order valence-electron chi connectivity index (χ2n) is 6.62. The molecule has 0 atom stereocenters. The van der Waals surface area contributed by atoms with Crippen LogP contribution >= 0.6 is 0 Å². The van der Waals surface area contributed by atoms with Gasteiger partial charge in [0.25, 0.3) is 0 Å². The molecule has 3 aromatic rings.